The van der Waals surface area contributed by atoms with Crippen LogP contribution in [0.2, 0.25) is 0 Å². The van der Waals surface area contributed by atoms with Gasteiger partial charge in [0, 0.05) is 0 Å². The third-order valence-electron chi connectivity index (χ3n) is 9.71. The first kappa shape index (κ1) is 25.9. The summed E-state index contributed by atoms with van der Waals surface area (Å²) in [5.74, 6) is 3.24. The van der Waals surface area contributed by atoms with Crippen LogP contribution in [-0.2, 0) is 6.42 Å². The van der Waals surface area contributed by atoms with Crippen molar-refractivity contribution in [2.24, 2.45) is 29.6 Å². The number of hydrogen-bond donors (Lipinski definition) is 0. The third kappa shape index (κ3) is 6.73. The summed E-state index contributed by atoms with van der Waals surface area (Å²) in [6.07, 6.45) is 23.9. The lowest BCUT2D eigenvalue weighted by Gasteiger charge is -2.38. The molecule has 0 bridgehead atoms. The van der Waals surface area contributed by atoms with Gasteiger partial charge in [-0.05, 0) is 111 Å². The highest BCUT2D eigenvalue weighted by atomic mass is 19.2. The van der Waals surface area contributed by atoms with Crippen LogP contribution in [0.4, 0.5) is 8.78 Å². The van der Waals surface area contributed by atoms with Crippen LogP contribution in [0.25, 0.3) is 0 Å². The molecule has 0 atom stereocenters. The number of benzene rings is 1. The molecule has 0 aliphatic heterocycles. The molecule has 0 aromatic heterocycles. The fourth-order valence-electron chi connectivity index (χ4n) is 7.38. The van der Waals surface area contributed by atoms with Crippen LogP contribution in [-0.4, -0.2) is 0 Å². The van der Waals surface area contributed by atoms with Crippen molar-refractivity contribution in [3.8, 4) is 0 Å². The van der Waals surface area contributed by atoms with Crippen LogP contribution in [0.5, 0.6) is 0 Å². The van der Waals surface area contributed by atoms with Crippen molar-refractivity contribution >= 4 is 0 Å². The van der Waals surface area contributed by atoms with E-state index in [0.717, 1.165) is 42.9 Å². The molecule has 0 N–H and O–H groups in total. The zero-order chi connectivity index (χ0) is 23.9. The zero-order valence-electron chi connectivity index (χ0n) is 21.8. The monoisotopic (exact) mass is 470 g/mol. The maximum Gasteiger partial charge on any atom is 0.162 e. The molecule has 190 valence electrons. The lowest BCUT2D eigenvalue weighted by molar-refractivity contribution is 0.156. The Hall–Kier alpha value is -1.18. The largest absolute Gasteiger partial charge is 0.203 e. The van der Waals surface area contributed by atoms with Gasteiger partial charge in [-0.2, -0.15) is 0 Å². The Bertz CT molecular complexity index is 772. The molecule has 34 heavy (non-hydrogen) atoms. The minimum atomic E-state index is -0.589. The lowest BCUT2D eigenvalue weighted by atomic mass is 9.68. The van der Waals surface area contributed by atoms with E-state index in [0.29, 0.717) is 23.5 Å². The smallest absolute Gasteiger partial charge is 0.162 e. The fraction of sp³-hybridized carbons (Fsp3) is 0.750. The standard InChI is InChI=1S/C32H48F2/c1-3-6-24-13-15-26(16-14-24)27-17-19-28(20-18-27)30-22-21-29(31(33)32(30)34)8-5-4-7-25-11-9-23(2)10-12-25/h4,7,21-28H,3,5-6,8-20H2,1-2H3/b7-4+. The van der Waals surface area contributed by atoms with Crippen LogP contribution in [0.3, 0.4) is 0 Å². The summed E-state index contributed by atoms with van der Waals surface area (Å²) in [5.41, 5.74) is 1.18. The fourth-order valence-corrected chi connectivity index (χ4v) is 7.38. The molecule has 0 saturated heterocycles. The van der Waals surface area contributed by atoms with E-state index in [1.165, 1.54) is 77.0 Å². The summed E-state index contributed by atoms with van der Waals surface area (Å²) >= 11 is 0. The molecule has 3 aliphatic carbocycles. The average Bonchev–Trinajstić information content (AvgIpc) is 2.86. The molecule has 1 aromatic rings. The van der Waals surface area contributed by atoms with Gasteiger partial charge in [0.25, 0.3) is 0 Å². The molecule has 0 unspecified atom stereocenters. The maximum absolute atomic E-state index is 15.1. The number of hydrogen-bond acceptors (Lipinski definition) is 0. The molecule has 2 heteroatoms. The maximum atomic E-state index is 15.1. The van der Waals surface area contributed by atoms with E-state index >= 15 is 4.39 Å². The first-order chi connectivity index (χ1) is 16.5. The molecular formula is C32H48F2. The topological polar surface area (TPSA) is 0 Å². The zero-order valence-corrected chi connectivity index (χ0v) is 21.8. The second kappa shape index (κ2) is 12.7. The molecule has 0 amide bonds. The molecular weight excluding hydrogens is 422 g/mol. The van der Waals surface area contributed by atoms with Gasteiger partial charge in [-0.1, -0.05) is 76.7 Å². The molecule has 3 aliphatic rings. The van der Waals surface area contributed by atoms with Crippen LogP contribution >= 0.6 is 0 Å². The summed E-state index contributed by atoms with van der Waals surface area (Å²) in [6, 6.07) is 3.77. The summed E-state index contributed by atoms with van der Waals surface area (Å²) < 4.78 is 30.0. The predicted octanol–water partition coefficient (Wildman–Crippen LogP) is 10.2. The van der Waals surface area contributed by atoms with Gasteiger partial charge in [0.2, 0.25) is 0 Å². The molecule has 0 nitrogen and oxygen atoms in total. The number of aryl methyl sites for hydroxylation is 1. The molecule has 4 rings (SSSR count). The van der Waals surface area contributed by atoms with Crippen LogP contribution in [0.15, 0.2) is 24.3 Å². The highest BCUT2D eigenvalue weighted by molar-refractivity contribution is 5.29. The third-order valence-corrected chi connectivity index (χ3v) is 9.71. The van der Waals surface area contributed by atoms with E-state index in [9.17, 15) is 4.39 Å². The lowest BCUT2D eigenvalue weighted by Crippen LogP contribution is -2.25. The molecule has 3 fully saturated rings. The Morgan fingerprint density at radius 3 is 2.09 bits per heavy atom. The summed E-state index contributed by atoms with van der Waals surface area (Å²) in [4.78, 5) is 0. The molecule has 0 radical (unpaired) electrons. The van der Waals surface area contributed by atoms with Gasteiger partial charge < -0.3 is 0 Å². The first-order valence-corrected chi connectivity index (χ1v) is 14.7. The number of rotatable bonds is 8. The minimum Gasteiger partial charge on any atom is -0.203 e. The second-order valence-electron chi connectivity index (χ2n) is 12.1. The van der Waals surface area contributed by atoms with Gasteiger partial charge in [0.05, 0.1) is 0 Å². The van der Waals surface area contributed by atoms with Crippen LogP contribution in [0.1, 0.15) is 127 Å². The van der Waals surface area contributed by atoms with Crippen molar-refractivity contribution in [1.29, 1.82) is 0 Å². The van der Waals surface area contributed by atoms with Crippen molar-refractivity contribution in [2.45, 2.75) is 122 Å². The van der Waals surface area contributed by atoms with E-state index in [1.807, 2.05) is 12.1 Å². The number of allylic oxidation sites excluding steroid dienone is 2. The van der Waals surface area contributed by atoms with Gasteiger partial charge >= 0.3 is 0 Å². The average molecular weight is 471 g/mol. The van der Waals surface area contributed by atoms with E-state index in [2.05, 4.69) is 26.0 Å². The highest BCUT2D eigenvalue weighted by Gasteiger charge is 2.32. The second-order valence-corrected chi connectivity index (χ2v) is 12.1. The van der Waals surface area contributed by atoms with E-state index in [4.69, 9.17) is 0 Å². The van der Waals surface area contributed by atoms with Crippen molar-refractivity contribution < 1.29 is 8.78 Å². The van der Waals surface area contributed by atoms with Gasteiger partial charge in [-0.3, -0.25) is 0 Å². The van der Waals surface area contributed by atoms with Crippen molar-refractivity contribution in [1.82, 2.24) is 0 Å². The Morgan fingerprint density at radius 2 is 1.44 bits per heavy atom. The summed E-state index contributed by atoms with van der Waals surface area (Å²) in [7, 11) is 0. The van der Waals surface area contributed by atoms with E-state index < -0.39 is 11.6 Å². The first-order valence-electron chi connectivity index (χ1n) is 14.7. The van der Waals surface area contributed by atoms with Crippen molar-refractivity contribution in [2.75, 3.05) is 0 Å². The molecule has 0 heterocycles. The van der Waals surface area contributed by atoms with Crippen molar-refractivity contribution in [3.63, 3.8) is 0 Å². The van der Waals surface area contributed by atoms with E-state index in [-0.39, 0.29) is 5.92 Å². The van der Waals surface area contributed by atoms with Crippen molar-refractivity contribution in [3.05, 3.63) is 47.0 Å². The quantitative estimate of drug-likeness (QED) is 0.331. The Balaban J connectivity index is 1.25. The SMILES string of the molecule is CCCC1CCC(C2CCC(c3ccc(CC/C=C/C4CCC(C)CC4)c(F)c3F)CC2)CC1. The molecule has 1 aromatic carbocycles. The van der Waals surface area contributed by atoms with Gasteiger partial charge in [0.1, 0.15) is 0 Å². The molecule has 0 spiro atoms. The van der Waals surface area contributed by atoms with Crippen LogP contribution < -0.4 is 0 Å². The van der Waals surface area contributed by atoms with E-state index in [1.54, 1.807) is 0 Å². The predicted molar refractivity (Wildman–Crippen MR) is 140 cm³/mol. The Kier molecular flexibility index (Phi) is 9.66. The summed E-state index contributed by atoms with van der Waals surface area (Å²) in [5, 5.41) is 0. The normalized spacial score (nSPS) is 32.8. The van der Waals surface area contributed by atoms with Gasteiger partial charge in [-0.15, -0.1) is 0 Å². The summed E-state index contributed by atoms with van der Waals surface area (Å²) in [6.45, 7) is 4.64. The minimum absolute atomic E-state index is 0.199. The highest BCUT2D eigenvalue weighted by Crippen LogP contribution is 2.45. The number of halogens is 2. The molecule has 3 saturated carbocycles. The van der Waals surface area contributed by atoms with Gasteiger partial charge in [0.15, 0.2) is 11.6 Å². The van der Waals surface area contributed by atoms with Crippen LogP contribution in [0, 0.1) is 41.2 Å². The Morgan fingerprint density at radius 1 is 0.794 bits per heavy atom. The Labute approximate surface area is 208 Å². The van der Waals surface area contributed by atoms with Gasteiger partial charge in [-0.25, -0.2) is 8.78 Å².